The van der Waals surface area contributed by atoms with Gasteiger partial charge in [-0.05, 0) is 39.0 Å². The maximum Gasteiger partial charge on any atom is 0.329 e. The van der Waals surface area contributed by atoms with Crippen LogP contribution in [0.15, 0.2) is 9.59 Å². The molecule has 0 radical (unpaired) electrons. The molecule has 2 aromatic rings. The van der Waals surface area contributed by atoms with Crippen LogP contribution in [0.5, 0.6) is 0 Å². The highest BCUT2D eigenvalue weighted by Crippen LogP contribution is 2.48. The Balaban J connectivity index is 1.78. The van der Waals surface area contributed by atoms with Crippen LogP contribution in [-0.4, -0.2) is 33.3 Å². The van der Waals surface area contributed by atoms with Crippen molar-refractivity contribution in [2.24, 2.45) is 5.92 Å². The molecule has 0 amide bonds. The van der Waals surface area contributed by atoms with Gasteiger partial charge < -0.3 is 10.0 Å². The lowest BCUT2D eigenvalue weighted by Gasteiger charge is -2.26. The number of hydrogen-bond donors (Lipinski definition) is 2. The average molecular weight is 409 g/mol. The normalized spacial score (nSPS) is 23.4. The molecule has 1 atom stereocenters. The summed E-state index contributed by atoms with van der Waals surface area (Å²) in [5, 5.41) is 9.97. The zero-order valence-corrected chi connectivity index (χ0v) is 16.0. The maximum atomic E-state index is 15.4. The molecule has 5 rings (SSSR count). The van der Waals surface area contributed by atoms with Gasteiger partial charge in [0.25, 0.3) is 12.0 Å². The van der Waals surface area contributed by atoms with Crippen LogP contribution in [0.2, 0.25) is 0 Å². The number of anilines is 1. The van der Waals surface area contributed by atoms with Crippen LogP contribution in [0, 0.1) is 18.7 Å². The number of nitrogens with zero attached hydrogens (tertiary/aromatic N) is 2. The average Bonchev–Trinajstić information content (AvgIpc) is 3.56. The summed E-state index contributed by atoms with van der Waals surface area (Å²) in [4.78, 5) is 28.7. The van der Waals surface area contributed by atoms with E-state index in [2.05, 4.69) is 4.98 Å². The SMILES string of the molecule is Cc1c(N2CCC(C3(O)CC3)C2)c(F)c(C(F)F)c2c(=O)[nH]c(=O)n(C3CC3)c12. The largest absolute Gasteiger partial charge is 0.390 e. The molecule has 2 aliphatic carbocycles. The molecule has 1 aliphatic heterocycles. The second-order valence-electron chi connectivity index (χ2n) is 8.62. The Labute approximate surface area is 163 Å². The van der Waals surface area contributed by atoms with E-state index in [0.29, 0.717) is 50.8 Å². The monoisotopic (exact) mass is 409 g/mol. The van der Waals surface area contributed by atoms with Crippen LogP contribution in [0.3, 0.4) is 0 Å². The second-order valence-corrected chi connectivity index (χ2v) is 8.62. The van der Waals surface area contributed by atoms with Crippen molar-refractivity contribution in [3.63, 3.8) is 0 Å². The first-order chi connectivity index (χ1) is 13.7. The molecule has 2 N–H and O–H groups in total. The summed E-state index contributed by atoms with van der Waals surface area (Å²) in [7, 11) is 0. The van der Waals surface area contributed by atoms with Crippen molar-refractivity contribution >= 4 is 16.6 Å². The molecule has 1 unspecified atom stereocenters. The molecule has 0 spiro atoms. The molecule has 29 heavy (non-hydrogen) atoms. The molecule has 2 heterocycles. The van der Waals surface area contributed by atoms with Crippen molar-refractivity contribution < 1.29 is 18.3 Å². The van der Waals surface area contributed by atoms with Crippen LogP contribution in [0.25, 0.3) is 10.9 Å². The van der Waals surface area contributed by atoms with Gasteiger partial charge in [-0.3, -0.25) is 14.3 Å². The van der Waals surface area contributed by atoms with Crippen molar-refractivity contribution in [3.05, 3.63) is 37.8 Å². The molecule has 2 saturated carbocycles. The molecule has 1 saturated heterocycles. The number of hydrogen-bond acceptors (Lipinski definition) is 4. The fraction of sp³-hybridized carbons (Fsp3) is 0.600. The van der Waals surface area contributed by atoms with E-state index in [9.17, 15) is 23.5 Å². The van der Waals surface area contributed by atoms with E-state index in [-0.39, 0.29) is 23.2 Å². The standard InChI is InChI=1S/C20H22F3N3O3/c1-9-15-13(18(27)24-19(28)26(15)11-2-3-11)12(17(22)23)14(21)16(9)25-7-4-10(8-25)20(29)5-6-20/h10-11,17,29H,2-8H2,1H3,(H,24,27,28). The Morgan fingerprint density at radius 2 is 1.90 bits per heavy atom. The van der Waals surface area contributed by atoms with Crippen molar-refractivity contribution in [2.45, 2.75) is 57.1 Å². The second kappa shape index (κ2) is 6.10. The number of aromatic nitrogens is 2. The van der Waals surface area contributed by atoms with Gasteiger partial charge in [0.2, 0.25) is 0 Å². The highest BCUT2D eigenvalue weighted by molar-refractivity contribution is 5.90. The van der Waals surface area contributed by atoms with Crippen LogP contribution in [0.1, 0.15) is 55.7 Å². The Hall–Kier alpha value is -2.29. The van der Waals surface area contributed by atoms with Crippen molar-refractivity contribution in [1.82, 2.24) is 9.55 Å². The Morgan fingerprint density at radius 1 is 1.21 bits per heavy atom. The Bertz CT molecular complexity index is 1130. The first-order valence-corrected chi connectivity index (χ1v) is 9.99. The van der Waals surface area contributed by atoms with E-state index in [1.165, 1.54) is 4.57 Å². The highest BCUT2D eigenvalue weighted by Gasteiger charge is 2.50. The molecule has 9 heteroatoms. The molecular weight excluding hydrogens is 387 g/mol. The lowest BCUT2D eigenvalue weighted by atomic mass is 9.99. The quantitative estimate of drug-likeness (QED) is 0.814. The summed E-state index contributed by atoms with van der Waals surface area (Å²) >= 11 is 0. The minimum absolute atomic E-state index is 0.0129. The molecule has 0 bridgehead atoms. The topological polar surface area (TPSA) is 78.3 Å². The summed E-state index contributed by atoms with van der Waals surface area (Å²) in [5.41, 5.74) is -2.91. The molecule has 1 aromatic heterocycles. The number of rotatable bonds is 4. The molecule has 3 aliphatic rings. The lowest BCUT2D eigenvalue weighted by molar-refractivity contribution is 0.0922. The van der Waals surface area contributed by atoms with Gasteiger partial charge in [-0.1, -0.05) is 0 Å². The van der Waals surface area contributed by atoms with Gasteiger partial charge in [0, 0.05) is 30.6 Å². The number of alkyl halides is 2. The predicted molar refractivity (Wildman–Crippen MR) is 101 cm³/mol. The molecule has 156 valence electrons. The highest BCUT2D eigenvalue weighted by atomic mass is 19.3. The van der Waals surface area contributed by atoms with E-state index in [1.807, 2.05) is 0 Å². The third-order valence-corrected chi connectivity index (χ3v) is 6.73. The van der Waals surface area contributed by atoms with Crippen LogP contribution >= 0.6 is 0 Å². The first-order valence-electron chi connectivity index (χ1n) is 9.99. The molecular formula is C20H22F3N3O3. The number of benzene rings is 1. The number of aliphatic hydroxyl groups is 1. The number of nitrogens with one attached hydrogen (secondary N) is 1. The first kappa shape index (κ1) is 18.7. The van der Waals surface area contributed by atoms with Crippen molar-refractivity contribution in [2.75, 3.05) is 18.0 Å². The van der Waals surface area contributed by atoms with E-state index in [4.69, 9.17) is 0 Å². The summed E-state index contributed by atoms with van der Waals surface area (Å²) < 4.78 is 44.6. The number of fused-ring (bicyclic) bond motifs is 1. The van der Waals surface area contributed by atoms with Gasteiger partial charge in [-0.2, -0.15) is 0 Å². The fourth-order valence-corrected chi connectivity index (χ4v) is 4.88. The van der Waals surface area contributed by atoms with Gasteiger partial charge >= 0.3 is 5.69 Å². The van der Waals surface area contributed by atoms with Crippen LogP contribution < -0.4 is 16.1 Å². The molecule has 1 aromatic carbocycles. The summed E-state index contributed by atoms with van der Waals surface area (Å²) in [6.45, 7) is 2.36. The van der Waals surface area contributed by atoms with Crippen molar-refractivity contribution in [3.8, 4) is 0 Å². The van der Waals surface area contributed by atoms with Gasteiger partial charge in [0.15, 0.2) is 5.82 Å². The number of aryl methyl sites for hydroxylation is 1. The number of halogens is 3. The summed E-state index contributed by atoms with van der Waals surface area (Å²) in [6.07, 6.45) is 0.246. The van der Waals surface area contributed by atoms with E-state index < -0.39 is 40.0 Å². The van der Waals surface area contributed by atoms with Gasteiger partial charge in [0.05, 0.1) is 27.8 Å². The van der Waals surface area contributed by atoms with Gasteiger partial charge in [-0.25, -0.2) is 18.0 Å². The molecule has 3 fully saturated rings. The van der Waals surface area contributed by atoms with E-state index in [1.54, 1.807) is 11.8 Å². The van der Waals surface area contributed by atoms with Crippen LogP contribution in [-0.2, 0) is 0 Å². The maximum absolute atomic E-state index is 15.4. The predicted octanol–water partition coefficient (Wildman–Crippen LogP) is 2.76. The molecule has 6 nitrogen and oxygen atoms in total. The van der Waals surface area contributed by atoms with Gasteiger partial charge in [-0.15, -0.1) is 0 Å². The van der Waals surface area contributed by atoms with Crippen LogP contribution in [0.4, 0.5) is 18.9 Å². The zero-order valence-electron chi connectivity index (χ0n) is 16.0. The lowest BCUT2D eigenvalue weighted by Crippen LogP contribution is -2.33. The third kappa shape index (κ3) is 2.73. The Kier molecular flexibility index (Phi) is 3.94. The van der Waals surface area contributed by atoms with E-state index >= 15 is 4.39 Å². The summed E-state index contributed by atoms with van der Waals surface area (Å²) in [5.74, 6) is -1.16. The number of H-pyrrole nitrogens is 1. The number of aromatic amines is 1. The van der Waals surface area contributed by atoms with Gasteiger partial charge in [0.1, 0.15) is 0 Å². The fourth-order valence-electron chi connectivity index (χ4n) is 4.88. The van der Waals surface area contributed by atoms with Crippen molar-refractivity contribution in [1.29, 1.82) is 0 Å². The summed E-state index contributed by atoms with van der Waals surface area (Å²) in [6, 6.07) is -0.178. The Morgan fingerprint density at radius 3 is 2.48 bits per heavy atom. The minimum atomic E-state index is -3.20. The minimum Gasteiger partial charge on any atom is -0.390 e. The van der Waals surface area contributed by atoms with E-state index in [0.717, 1.165) is 0 Å². The zero-order chi connectivity index (χ0) is 20.7. The smallest absolute Gasteiger partial charge is 0.329 e. The third-order valence-electron chi connectivity index (χ3n) is 6.73.